The van der Waals surface area contributed by atoms with Crippen LogP contribution in [0.3, 0.4) is 0 Å². The molecule has 5 heteroatoms. The predicted molar refractivity (Wildman–Crippen MR) is 70.4 cm³/mol. The van der Waals surface area contributed by atoms with Gasteiger partial charge in [-0.25, -0.2) is 0 Å². The van der Waals surface area contributed by atoms with Crippen LogP contribution in [0, 0.1) is 0 Å². The molecule has 0 saturated heterocycles. The van der Waals surface area contributed by atoms with Gasteiger partial charge in [-0.15, -0.1) is 0 Å². The molecule has 0 fully saturated rings. The molecular weight excluding hydrogens is 232 g/mol. The smallest absolute Gasteiger partial charge is 0.216 e. The number of aliphatic hydroxyl groups is 2. The van der Waals surface area contributed by atoms with Crippen molar-refractivity contribution >= 4 is 11.6 Å². The molecule has 0 bridgehead atoms. The second kappa shape index (κ2) is 6.37. The number of hydrogen-bond donors (Lipinski definition) is 3. The van der Waals surface area contributed by atoms with Crippen LogP contribution in [-0.2, 0) is 4.79 Å². The quantitative estimate of drug-likeness (QED) is 0.704. The highest BCUT2D eigenvalue weighted by Crippen LogP contribution is 2.26. The Kier molecular flexibility index (Phi) is 5.12. The number of hydrogen-bond acceptors (Lipinski definition) is 4. The zero-order valence-corrected chi connectivity index (χ0v) is 10.9. The van der Waals surface area contributed by atoms with Crippen molar-refractivity contribution in [2.75, 3.05) is 25.5 Å². The molecule has 0 saturated carbocycles. The lowest BCUT2D eigenvalue weighted by Crippen LogP contribution is -2.34. The standard InChI is InChI=1S/C13H20N2O3/c1-9(16)14-8-12(17)13(18)10-6-4-5-7-11(10)15(2)3/h4-7,12-13,17-18H,8H2,1-3H3,(H,14,16). The lowest BCUT2D eigenvalue weighted by Gasteiger charge is -2.24. The molecule has 100 valence electrons. The topological polar surface area (TPSA) is 72.8 Å². The molecule has 0 aliphatic heterocycles. The van der Waals surface area contributed by atoms with Gasteiger partial charge in [-0.05, 0) is 6.07 Å². The highest BCUT2D eigenvalue weighted by Gasteiger charge is 2.21. The van der Waals surface area contributed by atoms with Crippen LogP contribution in [0.4, 0.5) is 5.69 Å². The molecule has 1 aromatic carbocycles. The molecule has 0 spiro atoms. The number of carbonyl (C=O) groups is 1. The van der Waals surface area contributed by atoms with E-state index >= 15 is 0 Å². The highest BCUT2D eigenvalue weighted by molar-refractivity contribution is 5.72. The average Bonchev–Trinajstić information content (AvgIpc) is 2.34. The Hall–Kier alpha value is -1.59. The fourth-order valence-electron chi connectivity index (χ4n) is 1.71. The molecule has 5 nitrogen and oxygen atoms in total. The summed E-state index contributed by atoms with van der Waals surface area (Å²) in [6, 6.07) is 7.29. The molecule has 2 atom stereocenters. The van der Waals surface area contributed by atoms with Crippen molar-refractivity contribution in [3.05, 3.63) is 29.8 Å². The van der Waals surface area contributed by atoms with Gasteiger partial charge in [0.1, 0.15) is 12.2 Å². The van der Waals surface area contributed by atoms with Gasteiger partial charge in [0.15, 0.2) is 0 Å². The first-order valence-electron chi connectivity index (χ1n) is 5.80. The largest absolute Gasteiger partial charge is 0.388 e. The van der Waals surface area contributed by atoms with Crippen molar-refractivity contribution in [3.8, 4) is 0 Å². The van der Waals surface area contributed by atoms with E-state index in [1.54, 1.807) is 12.1 Å². The number of rotatable bonds is 5. The number of aliphatic hydroxyl groups excluding tert-OH is 2. The summed E-state index contributed by atoms with van der Waals surface area (Å²) in [7, 11) is 3.73. The third-order valence-electron chi connectivity index (χ3n) is 2.66. The third-order valence-corrected chi connectivity index (χ3v) is 2.66. The minimum absolute atomic E-state index is 0.0261. The molecule has 0 aromatic heterocycles. The minimum atomic E-state index is -1.03. The molecular formula is C13H20N2O3. The normalized spacial score (nSPS) is 13.8. The van der Waals surface area contributed by atoms with Gasteiger partial charge in [-0.1, -0.05) is 18.2 Å². The summed E-state index contributed by atoms with van der Waals surface area (Å²) in [6.07, 6.45) is -2.06. The van der Waals surface area contributed by atoms with E-state index in [9.17, 15) is 15.0 Å². The molecule has 1 rings (SSSR count). The van der Waals surface area contributed by atoms with Crippen molar-refractivity contribution in [2.45, 2.75) is 19.1 Å². The SMILES string of the molecule is CC(=O)NCC(O)C(O)c1ccccc1N(C)C. The van der Waals surface area contributed by atoms with Crippen molar-refractivity contribution < 1.29 is 15.0 Å². The molecule has 0 aliphatic carbocycles. The van der Waals surface area contributed by atoms with E-state index in [2.05, 4.69) is 5.32 Å². The third kappa shape index (κ3) is 3.72. The fourth-order valence-corrected chi connectivity index (χ4v) is 1.71. The van der Waals surface area contributed by atoms with Gasteiger partial charge >= 0.3 is 0 Å². The Morgan fingerprint density at radius 2 is 1.94 bits per heavy atom. The first-order chi connectivity index (χ1) is 8.43. The molecule has 0 aliphatic rings. The van der Waals surface area contributed by atoms with Crippen LogP contribution in [-0.4, -0.2) is 42.9 Å². The van der Waals surface area contributed by atoms with Crippen LogP contribution in [0.15, 0.2) is 24.3 Å². The summed E-state index contributed by atoms with van der Waals surface area (Å²) < 4.78 is 0. The number of benzene rings is 1. The number of para-hydroxylation sites is 1. The van der Waals surface area contributed by atoms with Crippen molar-refractivity contribution in [1.82, 2.24) is 5.32 Å². The first-order valence-corrected chi connectivity index (χ1v) is 5.80. The summed E-state index contributed by atoms with van der Waals surface area (Å²) in [5.74, 6) is -0.234. The summed E-state index contributed by atoms with van der Waals surface area (Å²) in [5.41, 5.74) is 1.48. The molecule has 0 heterocycles. The van der Waals surface area contributed by atoms with Crippen LogP contribution in [0.5, 0.6) is 0 Å². The Labute approximate surface area is 107 Å². The van der Waals surface area contributed by atoms with Crippen molar-refractivity contribution in [2.24, 2.45) is 0 Å². The minimum Gasteiger partial charge on any atom is -0.388 e. The molecule has 3 N–H and O–H groups in total. The van der Waals surface area contributed by atoms with Gasteiger partial charge < -0.3 is 20.4 Å². The Morgan fingerprint density at radius 3 is 2.50 bits per heavy atom. The van der Waals surface area contributed by atoms with Crippen LogP contribution >= 0.6 is 0 Å². The second-order valence-corrected chi connectivity index (χ2v) is 4.40. The summed E-state index contributed by atoms with van der Waals surface area (Å²) in [5, 5.41) is 22.4. The van der Waals surface area contributed by atoms with Crippen LogP contribution < -0.4 is 10.2 Å². The summed E-state index contributed by atoms with van der Waals surface area (Å²) in [6.45, 7) is 1.39. The second-order valence-electron chi connectivity index (χ2n) is 4.40. The Morgan fingerprint density at radius 1 is 1.33 bits per heavy atom. The van der Waals surface area contributed by atoms with Crippen LogP contribution in [0.1, 0.15) is 18.6 Å². The first kappa shape index (κ1) is 14.5. The number of amides is 1. The van der Waals surface area contributed by atoms with Gasteiger partial charge in [0.25, 0.3) is 0 Å². The number of nitrogens with one attached hydrogen (secondary N) is 1. The zero-order valence-electron chi connectivity index (χ0n) is 10.9. The fraction of sp³-hybridized carbons (Fsp3) is 0.462. The van der Waals surface area contributed by atoms with Crippen molar-refractivity contribution in [3.63, 3.8) is 0 Å². The molecule has 18 heavy (non-hydrogen) atoms. The van der Waals surface area contributed by atoms with E-state index < -0.39 is 12.2 Å². The maximum atomic E-state index is 10.8. The van der Waals surface area contributed by atoms with Crippen molar-refractivity contribution in [1.29, 1.82) is 0 Å². The molecule has 0 radical (unpaired) electrons. The van der Waals surface area contributed by atoms with E-state index in [1.807, 2.05) is 31.1 Å². The van der Waals surface area contributed by atoms with E-state index in [1.165, 1.54) is 6.92 Å². The maximum absolute atomic E-state index is 10.8. The van der Waals surface area contributed by atoms with E-state index in [0.717, 1.165) is 5.69 Å². The zero-order chi connectivity index (χ0) is 13.7. The molecule has 2 unspecified atom stereocenters. The summed E-state index contributed by atoms with van der Waals surface area (Å²) >= 11 is 0. The lowest BCUT2D eigenvalue weighted by atomic mass is 10.0. The average molecular weight is 252 g/mol. The van der Waals surface area contributed by atoms with Gasteiger partial charge in [0, 0.05) is 38.8 Å². The van der Waals surface area contributed by atoms with Crippen LogP contribution in [0.25, 0.3) is 0 Å². The van der Waals surface area contributed by atoms with Gasteiger partial charge in [-0.2, -0.15) is 0 Å². The highest BCUT2D eigenvalue weighted by atomic mass is 16.3. The lowest BCUT2D eigenvalue weighted by molar-refractivity contribution is -0.119. The number of nitrogens with zero attached hydrogens (tertiary/aromatic N) is 1. The summed E-state index contributed by atoms with van der Waals surface area (Å²) in [4.78, 5) is 12.6. The van der Waals surface area contributed by atoms with Crippen LogP contribution in [0.2, 0.25) is 0 Å². The Balaban J connectivity index is 2.82. The van der Waals surface area contributed by atoms with E-state index in [4.69, 9.17) is 0 Å². The molecule has 1 amide bonds. The van der Waals surface area contributed by atoms with Gasteiger partial charge in [0.2, 0.25) is 5.91 Å². The molecule has 1 aromatic rings. The van der Waals surface area contributed by atoms with E-state index in [0.29, 0.717) is 5.56 Å². The van der Waals surface area contributed by atoms with Gasteiger partial charge in [-0.3, -0.25) is 4.79 Å². The van der Waals surface area contributed by atoms with Gasteiger partial charge in [0.05, 0.1) is 0 Å². The Bertz CT molecular complexity index is 407. The number of carbonyl (C=O) groups excluding carboxylic acids is 1. The maximum Gasteiger partial charge on any atom is 0.216 e. The monoisotopic (exact) mass is 252 g/mol. The van der Waals surface area contributed by atoms with E-state index in [-0.39, 0.29) is 12.5 Å². The predicted octanol–water partition coefficient (Wildman–Crippen LogP) is 0.283. The number of anilines is 1.